The van der Waals surface area contributed by atoms with Crippen molar-refractivity contribution in [3.8, 4) is 0 Å². The molecule has 1 saturated carbocycles. The van der Waals surface area contributed by atoms with E-state index in [0.29, 0.717) is 18.2 Å². The van der Waals surface area contributed by atoms with Crippen LogP contribution in [0.1, 0.15) is 37.8 Å². The van der Waals surface area contributed by atoms with Gasteiger partial charge in [0.25, 0.3) is 0 Å². The lowest BCUT2D eigenvalue weighted by molar-refractivity contribution is -0.385. The molecule has 1 fully saturated rings. The lowest BCUT2D eigenvalue weighted by atomic mass is 9.89. The Balaban J connectivity index is 2.12. The predicted molar refractivity (Wildman–Crippen MR) is 72.9 cm³/mol. The van der Waals surface area contributed by atoms with Crippen LogP contribution in [0.3, 0.4) is 0 Å². The minimum Gasteiger partial charge on any atom is -0.368 e. The quantitative estimate of drug-likeness (QED) is 0.638. The third kappa shape index (κ3) is 3.30. The third-order valence-corrected chi connectivity index (χ3v) is 3.54. The van der Waals surface area contributed by atoms with Crippen LogP contribution in [0.4, 0.5) is 17.5 Å². The second-order valence-electron chi connectivity index (χ2n) is 5.01. The van der Waals surface area contributed by atoms with E-state index in [-0.39, 0.29) is 17.5 Å². The first kappa shape index (κ1) is 13.5. The molecule has 0 saturated heterocycles. The van der Waals surface area contributed by atoms with Crippen molar-refractivity contribution in [2.45, 2.75) is 39.0 Å². The molecule has 1 aromatic rings. The molecule has 1 aliphatic rings. The van der Waals surface area contributed by atoms with E-state index in [2.05, 4.69) is 15.3 Å². The summed E-state index contributed by atoms with van der Waals surface area (Å²) in [4.78, 5) is 18.4. The van der Waals surface area contributed by atoms with Crippen LogP contribution in [0.15, 0.2) is 0 Å². The summed E-state index contributed by atoms with van der Waals surface area (Å²) in [5, 5.41) is 14.1. The SMILES string of the molecule is Cc1nc(N)nc(NCC2CCCCC2)c1[N+](=O)[O-]. The van der Waals surface area contributed by atoms with E-state index < -0.39 is 4.92 Å². The summed E-state index contributed by atoms with van der Waals surface area (Å²) in [6.07, 6.45) is 6.09. The van der Waals surface area contributed by atoms with Crippen molar-refractivity contribution in [3.05, 3.63) is 15.8 Å². The number of hydrogen-bond acceptors (Lipinski definition) is 6. The monoisotopic (exact) mass is 265 g/mol. The van der Waals surface area contributed by atoms with Gasteiger partial charge in [-0.2, -0.15) is 4.98 Å². The van der Waals surface area contributed by atoms with E-state index in [1.165, 1.54) is 32.1 Å². The number of anilines is 2. The number of aromatic nitrogens is 2. The van der Waals surface area contributed by atoms with Crippen molar-refractivity contribution in [1.29, 1.82) is 0 Å². The summed E-state index contributed by atoms with van der Waals surface area (Å²) < 4.78 is 0. The molecule has 7 nitrogen and oxygen atoms in total. The zero-order valence-corrected chi connectivity index (χ0v) is 11.1. The molecule has 0 amide bonds. The normalized spacial score (nSPS) is 16.3. The van der Waals surface area contributed by atoms with Gasteiger partial charge in [-0.25, -0.2) is 4.98 Å². The molecule has 0 spiro atoms. The Bertz CT molecular complexity index is 471. The molecule has 1 aliphatic carbocycles. The molecule has 3 N–H and O–H groups in total. The van der Waals surface area contributed by atoms with Crippen molar-refractivity contribution in [2.24, 2.45) is 5.92 Å². The molecule has 19 heavy (non-hydrogen) atoms. The maximum atomic E-state index is 11.0. The van der Waals surface area contributed by atoms with Crippen molar-refractivity contribution >= 4 is 17.5 Å². The fourth-order valence-corrected chi connectivity index (χ4v) is 2.56. The van der Waals surface area contributed by atoms with E-state index >= 15 is 0 Å². The zero-order valence-electron chi connectivity index (χ0n) is 11.1. The summed E-state index contributed by atoms with van der Waals surface area (Å²) >= 11 is 0. The lowest BCUT2D eigenvalue weighted by Gasteiger charge is -2.21. The summed E-state index contributed by atoms with van der Waals surface area (Å²) in [5.74, 6) is 0.861. The average molecular weight is 265 g/mol. The standard InChI is InChI=1S/C12H19N5O2/c1-8-10(17(18)19)11(16-12(13)15-8)14-7-9-5-3-2-4-6-9/h9H,2-7H2,1H3,(H3,13,14,15,16). The Labute approximate surface area is 111 Å². The molecule has 0 radical (unpaired) electrons. The van der Waals surface area contributed by atoms with E-state index in [1.807, 2.05) is 0 Å². The number of rotatable bonds is 4. The van der Waals surface area contributed by atoms with Gasteiger partial charge in [-0.05, 0) is 25.7 Å². The number of aryl methyl sites for hydroxylation is 1. The average Bonchev–Trinajstić information content (AvgIpc) is 2.36. The van der Waals surface area contributed by atoms with Gasteiger partial charge in [0, 0.05) is 6.54 Å². The fraction of sp³-hybridized carbons (Fsp3) is 0.667. The first-order chi connectivity index (χ1) is 9.08. The van der Waals surface area contributed by atoms with Crippen molar-refractivity contribution in [2.75, 3.05) is 17.6 Å². The maximum Gasteiger partial charge on any atom is 0.332 e. The van der Waals surface area contributed by atoms with Crippen LogP contribution in [0.2, 0.25) is 0 Å². The first-order valence-electron chi connectivity index (χ1n) is 6.60. The molecule has 1 aromatic heterocycles. The van der Waals surface area contributed by atoms with Gasteiger partial charge in [-0.1, -0.05) is 19.3 Å². The lowest BCUT2D eigenvalue weighted by Crippen LogP contribution is -2.19. The number of nitrogens with zero attached hydrogens (tertiary/aromatic N) is 3. The first-order valence-corrected chi connectivity index (χ1v) is 6.60. The van der Waals surface area contributed by atoms with Crippen LogP contribution in [-0.4, -0.2) is 21.4 Å². The molecular formula is C12H19N5O2. The summed E-state index contributed by atoms with van der Waals surface area (Å²) in [6, 6.07) is 0. The summed E-state index contributed by atoms with van der Waals surface area (Å²) in [7, 11) is 0. The number of nitrogens with one attached hydrogen (secondary N) is 1. The van der Waals surface area contributed by atoms with Crippen molar-refractivity contribution in [3.63, 3.8) is 0 Å². The second kappa shape index (κ2) is 5.81. The van der Waals surface area contributed by atoms with Gasteiger partial charge in [-0.3, -0.25) is 10.1 Å². The number of hydrogen-bond donors (Lipinski definition) is 2. The predicted octanol–water partition coefficient (Wildman–Crippen LogP) is 2.27. The van der Waals surface area contributed by atoms with Gasteiger partial charge in [0.05, 0.1) is 4.92 Å². The molecule has 0 unspecified atom stereocenters. The van der Waals surface area contributed by atoms with Crippen molar-refractivity contribution < 1.29 is 4.92 Å². The molecule has 0 bridgehead atoms. The summed E-state index contributed by atoms with van der Waals surface area (Å²) in [6.45, 7) is 2.28. The van der Waals surface area contributed by atoms with Crippen molar-refractivity contribution in [1.82, 2.24) is 9.97 Å². The van der Waals surface area contributed by atoms with Gasteiger partial charge in [-0.15, -0.1) is 0 Å². The Morgan fingerprint density at radius 1 is 1.37 bits per heavy atom. The largest absolute Gasteiger partial charge is 0.368 e. The number of nitro groups is 1. The Morgan fingerprint density at radius 3 is 2.68 bits per heavy atom. The van der Waals surface area contributed by atoms with Crippen LogP contribution in [0, 0.1) is 23.0 Å². The number of nitrogen functional groups attached to an aromatic ring is 1. The highest BCUT2D eigenvalue weighted by atomic mass is 16.6. The zero-order chi connectivity index (χ0) is 13.8. The highest BCUT2D eigenvalue weighted by molar-refractivity contribution is 5.60. The van der Waals surface area contributed by atoms with E-state index in [0.717, 1.165) is 0 Å². The highest BCUT2D eigenvalue weighted by Crippen LogP contribution is 2.28. The molecule has 2 rings (SSSR count). The fourth-order valence-electron chi connectivity index (χ4n) is 2.56. The van der Waals surface area contributed by atoms with Crippen LogP contribution in [0.5, 0.6) is 0 Å². The number of nitrogens with two attached hydrogens (primary N) is 1. The Morgan fingerprint density at radius 2 is 2.05 bits per heavy atom. The minimum absolute atomic E-state index is 0.0641. The molecule has 7 heteroatoms. The van der Waals surface area contributed by atoms with Gasteiger partial charge < -0.3 is 11.1 Å². The minimum atomic E-state index is -0.460. The van der Waals surface area contributed by atoms with Gasteiger partial charge in [0.1, 0.15) is 5.69 Å². The third-order valence-electron chi connectivity index (χ3n) is 3.54. The van der Waals surface area contributed by atoms with Gasteiger partial charge >= 0.3 is 5.69 Å². The summed E-state index contributed by atoms with van der Waals surface area (Å²) in [5.41, 5.74) is 5.77. The topological polar surface area (TPSA) is 107 Å². The van der Waals surface area contributed by atoms with E-state index in [9.17, 15) is 10.1 Å². The van der Waals surface area contributed by atoms with Crippen LogP contribution < -0.4 is 11.1 Å². The molecule has 1 heterocycles. The van der Waals surface area contributed by atoms with Crippen LogP contribution in [0.25, 0.3) is 0 Å². The Hall–Kier alpha value is -1.92. The molecule has 104 valence electrons. The van der Waals surface area contributed by atoms with E-state index in [1.54, 1.807) is 6.92 Å². The highest BCUT2D eigenvalue weighted by Gasteiger charge is 2.22. The molecule has 0 aromatic carbocycles. The smallest absolute Gasteiger partial charge is 0.332 e. The molecule has 0 atom stereocenters. The van der Waals surface area contributed by atoms with Crippen LogP contribution >= 0.6 is 0 Å². The molecular weight excluding hydrogens is 246 g/mol. The molecule has 0 aliphatic heterocycles. The van der Waals surface area contributed by atoms with Crippen LogP contribution in [-0.2, 0) is 0 Å². The van der Waals surface area contributed by atoms with E-state index in [4.69, 9.17) is 5.73 Å². The second-order valence-corrected chi connectivity index (χ2v) is 5.01. The van der Waals surface area contributed by atoms with Gasteiger partial charge in [0.15, 0.2) is 0 Å². The van der Waals surface area contributed by atoms with Gasteiger partial charge in [0.2, 0.25) is 11.8 Å². The maximum absolute atomic E-state index is 11.0. The Kier molecular flexibility index (Phi) is 4.13.